The molecule has 0 bridgehead atoms. The van der Waals surface area contributed by atoms with Gasteiger partial charge >= 0.3 is 0 Å². The molecule has 0 spiro atoms. The van der Waals surface area contributed by atoms with Crippen LogP contribution in [-0.4, -0.2) is 25.8 Å². The first-order valence-corrected chi connectivity index (χ1v) is 6.01. The molecule has 1 saturated heterocycles. The molecule has 1 rings (SSSR count). The summed E-state index contributed by atoms with van der Waals surface area (Å²) in [6.45, 7) is 9.96. The van der Waals surface area contributed by atoms with Crippen molar-refractivity contribution in [2.75, 3.05) is 19.8 Å². The van der Waals surface area contributed by atoms with Gasteiger partial charge in [-0.25, -0.2) is 0 Å². The highest BCUT2D eigenvalue weighted by Gasteiger charge is 2.13. The van der Waals surface area contributed by atoms with Crippen LogP contribution in [0.25, 0.3) is 0 Å². The van der Waals surface area contributed by atoms with Crippen molar-refractivity contribution in [2.45, 2.75) is 46.1 Å². The molecule has 0 aliphatic carbocycles. The maximum absolute atomic E-state index is 5.44. The van der Waals surface area contributed by atoms with E-state index in [1.807, 2.05) is 0 Å². The summed E-state index contributed by atoms with van der Waals surface area (Å²) in [5.41, 5.74) is 0. The molecule has 84 valence electrons. The molecule has 0 saturated carbocycles. The Kier molecular flexibility index (Phi) is 5.49. The molecule has 14 heavy (non-hydrogen) atoms. The summed E-state index contributed by atoms with van der Waals surface area (Å²) >= 11 is 0. The topological polar surface area (TPSA) is 21.3 Å². The summed E-state index contributed by atoms with van der Waals surface area (Å²) in [7, 11) is 0. The molecule has 1 aliphatic rings. The molecule has 1 aliphatic heterocycles. The van der Waals surface area contributed by atoms with E-state index in [1.54, 1.807) is 0 Å². The third kappa shape index (κ3) is 4.43. The molecule has 2 nitrogen and oxygen atoms in total. The second-order valence-electron chi connectivity index (χ2n) is 4.87. The second kappa shape index (κ2) is 6.41. The van der Waals surface area contributed by atoms with Crippen LogP contribution >= 0.6 is 0 Å². The van der Waals surface area contributed by atoms with E-state index in [0.29, 0.717) is 6.04 Å². The van der Waals surface area contributed by atoms with Crippen LogP contribution in [0.1, 0.15) is 40.0 Å². The Morgan fingerprint density at radius 2 is 2.00 bits per heavy atom. The lowest BCUT2D eigenvalue weighted by molar-refractivity contribution is 0.142. The normalized spacial score (nSPS) is 26.1. The van der Waals surface area contributed by atoms with Crippen molar-refractivity contribution in [3.8, 4) is 0 Å². The highest BCUT2D eigenvalue weighted by Crippen LogP contribution is 2.11. The van der Waals surface area contributed by atoms with E-state index >= 15 is 0 Å². The Balaban J connectivity index is 2.15. The number of hydrogen-bond acceptors (Lipinski definition) is 2. The van der Waals surface area contributed by atoms with E-state index in [9.17, 15) is 0 Å². The molecule has 1 heterocycles. The lowest BCUT2D eigenvalue weighted by atomic mass is 9.97. The quantitative estimate of drug-likeness (QED) is 0.751. The van der Waals surface area contributed by atoms with Gasteiger partial charge in [-0.15, -0.1) is 0 Å². The predicted molar refractivity (Wildman–Crippen MR) is 60.5 cm³/mol. The Morgan fingerprint density at radius 1 is 1.21 bits per heavy atom. The van der Waals surface area contributed by atoms with Gasteiger partial charge in [-0.2, -0.15) is 0 Å². The van der Waals surface area contributed by atoms with Gasteiger partial charge < -0.3 is 10.1 Å². The smallest absolute Gasteiger partial charge is 0.0480 e. The Morgan fingerprint density at radius 3 is 2.71 bits per heavy atom. The number of rotatable bonds is 4. The fraction of sp³-hybridized carbons (Fsp3) is 1.00. The lowest BCUT2D eigenvalue weighted by Gasteiger charge is -2.21. The van der Waals surface area contributed by atoms with Gasteiger partial charge in [0, 0.05) is 19.3 Å². The molecule has 0 aromatic rings. The zero-order valence-corrected chi connectivity index (χ0v) is 9.88. The molecule has 2 unspecified atom stereocenters. The van der Waals surface area contributed by atoms with E-state index in [0.717, 1.165) is 31.6 Å². The van der Waals surface area contributed by atoms with Crippen LogP contribution in [0.3, 0.4) is 0 Å². The molecule has 0 aromatic heterocycles. The average Bonchev–Trinajstić information content (AvgIpc) is 2.42. The van der Waals surface area contributed by atoms with Crippen molar-refractivity contribution < 1.29 is 4.74 Å². The molecule has 0 radical (unpaired) electrons. The first-order chi connectivity index (χ1) is 6.70. The van der Waals surface area contributed by atoms with Crippen LogP contribution in [0.5, 0.6) is 0 Å². The Labute approximate surface area is 88.4 Å². The maximum Gasteiger partial charge on any atom is 0.0480 e. The van der Waals surface area contributed by atoms with Gasteiger partial charge in [-0.1, -0.05) is 20.8 Å². The number of nitrogens with one attached hydrogen (secondary N) is 1. The molecule has 0 aromatic carbocycles. The summed E-state index contributed by atoms with van der Waals surface area (Å²) < 4.78 is 5.44. The van der Waals surface area contributed by atoms with E-state index in [1.165, 1.54) is 19.3 Å². The van der Waals surface area contributed by atoms with Crippen molar-refractivity contribution in [1.82, 2.24) is 5.32 Å². The largest absolute Gasteiger partial charge is 0.381 e. The molecule has 2 heteroatoms. The minimum Gasteiger partial charge on any atom is -0.381 e. The molecule has 2 atom stereocenters. The van der Waals surface area contributed by atoms with Crippen molar-refractivity contribution in [1.29, 1.82) is 0 Å². The molecule has 1 N–H and O–H groups in total. The van der Waals surface area contributed by atoms with Crippen LogP contribution < -0.4 is 5.32 Å². The highest BCUT2D eigenvalue weighted by molar-refractivity contribution is 4.71. The van der Waals surface area contributed by atoms with Crippen LogP contribution in [-0.2, 0) is 4.74 Å². The summed E-state index contributed by atoms with van der Waals surface area (Å²) in [5.74, 6) is 1.56. The number of ether oxygens (including phenoxy) is 1. The van der Waals surface area contributed by atoms with Gasteiger partial charge in [-0.3, -0.25) is 0 Å². The molecular weight excluding hydrogens is 174 g/mol. The standard InChI is InChI=1S/C12H25NO/c1-10(2)11(3)9-13-12-5-4-7-14-8-6-12/h10-13H,4-9H2,1-3H3. The SMILES string of the molecule is CC(C)C(C)CNC1CCCOCC1. The maximum atomic E-state index is 5.44. The Bertz CT molecular complexity index is 139. The summed E-state index contributed by atoms with van der Waals surface area (Å²) in [4.78, 5) is 0. The monoisotopic (exact) mass is 199 g/mol. The molecule has 0 amide bonds. The second-order valence-corrected chi connectivity index (χ2v) is 4.87. The highest BCUT2D eigenvalue weighted by atomic mass is 16.5. The van der Waals surface area contributed by atoms with Gasteiger partial charge in [0.25, 0.3) is 0 Å². The zero-order valence-electron chi connectivity index (χ0n) is 9.88. The zero-order chi connectivity index (χ0) is 10.4. The number of hydrogen-bond donors (Lipinski definition) is 1. The van der Waals surface area contributed by atoms with Gasteiger partial charge in [0.05, 0.1) is 0 Å². The van der Waals surface area contributed by atoms with Crippen LogP contribution in [0.2, 0.25) is 0 Å². The van der Waals surface area contributed by atoms with Crippen molar-refractivity contribution in [3.63, 3.8) is 0 Å². The van der Waals surface area contributed by atoms with Gasteiger partial charge in [0.1, 0.15) is 0 Å². The average molecular weight is 199 g/mol. The first kappa shape index (κ1) is 12.0. The van der Waals surface area contributed by atoms with E-state index in [4.69, 9.17) is 4.74 Å². The van der Waals surface area contributed by atoms with E-state index < -0.39 is 0 Å². The third-order valence-corrected chi connectivity index (χ3v) is 3.32. The van der Waals surface area contributed by atoms with Crippen molar-refractivity contribution in [3.05, 3.63) is 0 Å². The van der Waals surface area contributed by atoms with Gasteiger partial charge in [0.15, 0.2) is 0 Å². The summed E-state index contributed by atoms with van der Waals surface area (Å²) in [5, 5.41) is 3.66. The summed E-state index contributed by atoms with van der Waals surface area (Å²) in [6, 6.07) is 0.693. The fourth-order valence-corrected chi connectivity index (χ4v) is 1.70. The van der Waals surface area contributed by atoms with E-state index in [2.05, 4.69) is 26.1 Å². The minimum absolute atomic E-state index is 0.693. The Hall–Kier alpha value is -0.0800. The van der Waals surface area contributed by atoms with Crippen molar-refractivity contribution in [2.24, 2.45) is 11.8 Å². The van der Waals surface area contributed by atoms with Crippen LogP contribution in [0.4, 0.5) is 0 Å². The van der Waals surface area contributed by atoms with Gasteiger partial charge in [-0.05, 0) is 37.6 Å². The molecular formula is C12H25NO. The fourth-order valence-electron chi connectivity index (χ4n) is 1.70. The first-order valence-electron chi connectivity index (χ1n) is 6.01. The van der Waals surface area contributed by atoms with Crippen LogP contribution in [0, 0.1) is 11.8 Å². The van der Waals surface area contributed by atoms with Gasteiger partial charge in [0.2, 0.25) is 0 Å². The lowest BCUT2D eigenvalue weighted by Crippen LogP contribution is -2.34. The minimum atomic E-state index is 0.693. The molecule has 1 fully saturated rings. The summed E-state index contributed by atoms with van der Waals surface area (Å²) in [6.07, 6.45) is 3.68. The van der Waals surface area contributed by atoms with Crippen LogP contribution in [0.15, 0.2) is 0 Å². The van der Waals surface area contributed by atoms with Crippen molar-refractivity contribution >= 4 is 0 Å². The predicted octanol–water partition coefficient (Wildman–Crippen LogP) is 2.44. The van der Waals surface area contributed by atoms with E-state index in [-0.39, 0.29) is 0 Å². The third-order valence-electron chi connectivity index (χ3n) is 3.32.